The third kappa shape index (κ3) is 2.33. The highest BCUT2D eigenvalue weighted by Gasteiger charge is 2.17. The lowest BCUT2D eigenvalue weighted by molar-refractivity contribution is 0.628. The molecule has 1 aromatic heterocycles. The minimum Gasteiger partial charge on any atom is -0.324 e. The maximum Gasteiger partial charge on any atom is 0.255 e. The summed E-state index contributed by atoms with van der Waals surface area (Å²) >= 11 is 5.91. The van der Waals surface area contributed by atoms with Crippen LogP contribution in [-0.4, -0.2) is 9.97 Å². The van der Waals surface area contributed by atoms with Crippen LogP contribution in [0.5, 0.6) is 0 Å². The molecule has 1 aliphatic rings. The van der Waals surface area contributed by atoms with E-state index in [1.165, 1.54) is 18.2 Å². The molecule has 0 amide bonds. The summed E-state index contributed by atoms with van der Waals surface area (Å²) < 4.78 is 12.9. The van der Waals surface area contributed by atoms with Crippen molar-refractivity contribution in [3.05, 3.63) is 50.7 Å². The molecule has 0 radical (unpaired) electrons. The van der Waals surface area contributed by atoms with Crippen molar-refractivity contribution < 1.29 is 4.39 Å². The summed E-state index contributed by atoms with van der Waals surface area (Å²) in [5.41, 5.74) is 1.97. The van der Waals surface area contributed by atoms with E-state index in [-0.39, 0.29) is 10.6 Å². The number of benzene rings is 1. The fraction of sp³-hybridized carbons (Fsp3) is 0.231. The quantitative estimate of drug-likeness (QED) is 0.889. The number of nitrogens with one attached hydrogen (secondary N) is 2. The zero-order valence-corrected chi connectivity index (χ0v) is 10.7. The second-order valence-electron chi connectivity index (χ2n) is 4.44. The van der Waals surface area contributed by atoms with E-state index < -0.39 is 5.82 Å². The van der Waals surface area contributed by atoms with Crippen molar-refractivity contribution in [1.82, 2.24) is 9.97 Å². The molecule has 19 heavy (non-hydrogen) atoms. The average molecular weight is 280 g/mol. The van der Waals surface area contributed by atoms with E-state index in [1.54, 1.807) is 0 Å². The first-order valence-corrected chi connectivity index (χ1v) is 6.35. The summed E-state index contributed by atoms with van der Waals surface area (Å²) in [5, 5.41) is 3.14. The van der Waals surface area contributed by atoms with Crippen molar-refractivity contribution in [3.63, 3.8) is 0 Å². The van der Waals surface area contributed by atoms with Gasteiger partial charge in [-0.25, -0.2) is 9.37 Å². The highest BCUT2D eigenvalue weighted by atomic mass is 35.5. The van der Waals surface area contributed by atoms with Gasteiger partial charge >= 0.3 is 0 Å². The van der Waals surface area contributed by atoms with Gasteiger partial charge in [-0.1, -0.05) is 11.6 Å². The molecule has 1 heterocycles. The van der Waals surface area contributed by atoms with Gasteiger partial charge in [-0.05, 0) is 37.5 Å². The van der Waals surface area contributed by atoms with E-state index in [0.29, 0.717) is 11.6 Å². The number of H-pyrrole nitrogens is 1. The Kier molecular flexibility index (Phi) is 2.98. The third-order valence-electron chi connectivity index (χ3n) is 3.13. The van der Waals surface area contributed by atoms with E-state index in [1.807, 2.05) is 0 Å². The largest absolute Gasteiger partial charge is 0.324 e. The van der Waals surface area contributed by atoms with E-state index in [2.05, 4.69) is 15.3 Å². The minimum atomic E-state index is -0.411. The molecule has 0 atom stereocenters. The molecule has 0 aliphatic heterocycles. The number of aromatic nitrogens is 2. The molecule has 4 nitrogen and oxygen atoms in total. The molecule has 3 rings (SSSR count). The van der Waals surface area contributed by atoms with Crippen LogP contribution in [0.2, 0.25) is 5.02 Å². The van der Waals surface area contributed by atoms with Crippen molar-refractivity contribution in [2.75, 3.05) is 5.32 Å². The molecule has 98 valence electrons. The molecule has 2 aromatic rings. The monoisotopic (exact) mass is 279 g/mol. The maximum atomic E-state index is 12.9. The van der Waals surface area contributed by atoms with Crippen molar-refractivity contribution in [3.8, 4) is 0 Å². The number of hydrogen-bond acceptors (Lipinski definition) is 3. The number of nitrogens with zero attached hydrogens (tertiary/aromatic N) is 1. The number of anilines is 2. The lowest BCUT2D eigenvalue weighted by Crippen LogP contribution is -2.16. The summed E-state index contributed by atoms with van der Waals surface area (Å²) in [5.74, 6) is -0.0786. The normalized spacial score (nSPS) is 13.4. The molecule has 0 saturated heterocycles. The third-order valence-corrected chi connectivity index (χ3v) is 3.44. The van der Waals surface area contributed by atoms with E-state index >= 15 is 0 Å². The molecule has 0 spiro atoms. The second kappa shape index (κ2) is 4.66. The maximum absolute atomic E-state index is 12.9. The van der Waals surface area contributed by atoms with E-state index in [9.17, 15) is 9.18 Å². The van der Waals surface area contributed by atoms with Crippen LogP contribution in [0.4, 0.5) is 16.0 Å². The summed E-state index contributed by atoms with van der Waals surface area (Å²) in [7, 11) is 0. The predicted molar refractivity (Wildman–Crippen MR) is 71.6 cm³/mol. The van der Waals surface area contributed by atoms with Gasteiger partial charge < -0.3 is 5.32 Å². The minimum absolute atomic E-state index is 0.122. The first-order chi connectivity index (χ1) is 9.13. The standard InChI is InChI=1S/C13H11ClFN3O/c14-9-6-7(15)4-5-11(9)17-13-16-10-3-1-2-8(10)12(19)18-13/h4-6H,1-3H2,(H2,16,17,18,19). The zero-order valence-electron chi connectivity index (χ0n) is 9.96. The Balaban J connectivity index is 1.96. The molecular formula is C13H11ClFN3O. The molecule has 1 aliphatic carbocycles. The first-order valence-electron chi connectivity index (χ1n) is 5.97. The van der Waals surface area contributed by atoms with Crippen molar-refractivity contribution in [2.45, 2.75) is 19.3 Å². The Bertz CT molecular complexity index is 699. The Hall–Kier alpha value is -1.88. The van der Waals surface area contributed by atoms with Gasteiger partial charge in [0.15, 0.2) is 0 Å². The zero-order chi connectivity index (χ0) is 13.4. The van der Waals surface area contributed by atoms with Crippen LogP contribution in [0, 0.1) is 5.82 Å². The van der Waals surface area contributed by atoms with Crippen LogP contribution in [0.25, 0.3) is 0 Å². The van der Waals surface area contributed by atoms with E-state index in [4.69, 9.17) is 11.6 Å². The number of aromatic amines is 1. The number of fused-ring (bicyclic) bond motifs is 1. The van der Waals surface area contributed by atoms with Gasteiger partial charge in [0.2, 0.25) is 5.95 Å². The molecule has 0 saturated carbocycles. The molecule has 0 fully saturated rings. The highest BCUT2D eigenvalue weighted by molar-refractivity contribution is 6.33. The number of rotatable bonds is 2. The highest BCUT2D eigenvalue weighted by Crippen LogP contribution is 2.25. The van der Waals surface area contributed by atoms with Crippen molar-refractivity contribution >= 4 is 23.2 Å². The summed E-state index contributed by atoms with van der Waals surface area (Å²) in [6, 6.07) is 4.00. The summed E-state index contributed by atoms with van der Waals surface area (Å²) in [6.07, 6.45) is 2.53. The van der Waals surface area contributed by atoms with Crippen LogP contribution >= 0.6 is 11.6 Å². The van der Waals surface area contributed by atoms with E-state index in [0.717, 1.165) is 30.5 Å². The van der Waals surface area contributed by atoms with Gasteiger partial charge in [0.25, 0.3) is 5.56 Å². The first kappa shape index (κ1) is 12.2. The molecule has 0 unspecified atom stereocenters. The average Bonchev–Trinajstić information content (AvgIpc) is 2.81. The SMILES string of the molecule is O=c1[nH]c(Nc2ccc(F)cc2Cl)nc2c1CCC2. The van der Waals surface area contributed by atoms with Crippen LogP contribution in [0.15, 0.2) is 23.0 Å². The van der Waals surface area contributed by atoms with Gasteiger partial charge in [0.1, 0.15) is 5.82 Å². The topological polar surface area (TPSA) is 57.8 Å². The number of hydrogen-bond donors (Lipinski definition) is 2. The lowest BCUT2D eigenvalue weighted by atomic mass is 10.2. The fourth-order valence-electron chi connectivity index (χ4n) is 2.22. The molecule has 0 bridgehead atoms. The summed E-state index contributed by atoms with van der Waals surface area (Å²) in [4.78, 5) is 18.9. The van der Waals surface area contributed by atoms with Crippen LogP contribution < -0.4 is 10.9 Å². The van der Waals surface area contributed by atoms with Crippen LogP contribution in [-0.2, 0) is 12.8 Å². The smallest absolute Gasteiger partial charge is 0.255 e. The van der Waals surface area contributed by atoms with Gasteiger partial charge in [-0.15, -0.1) is 0 Å². The predicted octanol–water partition coefficient (Wildman–Crippen LogP) is 2.79. The van der Waals surface area contributed by atoms with Gasteiger partial charge in [0, 0.05) is 5.56 Å². The van der Waals surface area contributed by atoms with Crippen LogP contribution in [0.3, 0.4) is 0 Å². The molecule has 2 N–H and O–H groups in total. The van der Waals surface area contributed by atoms with Crippen molar-refractivity contribution in [2.24, 2.45) is 0 Å². The molecule has 1 aromatic carbocycles. The Morgan fingerprint density at radius 1 is 1.37 bits per heavy atom. The number of halogens is 2. The lowest BCUT2D eigenvalue weighted by Gasteiger charge is -2.08. The summed E-state index contributed by atoms with van der Waals surface area (Å²) in [6.45, 7) is 0. The van der Waals surface area contributed by atoms with Gasteiger partial charge in [0.05, 0.1) is 16.4 Å². The Morgan fingerprint density at radius 3 is 3.00 bits per heavy atom. The fourth-order valence-corrected chi connectivity index (χ4v) is 2.43. The van der Waals surface area contributed by atoms with Gasteiger partial charge in [-0.3, -0.25) is 9.78 Å². The molecular weight excluding hydrogens is 269 g/mol. The van der Waals surface area contributed by atoms with Gasteiger partial charge in [-0.2, -0.15) is 0 Å². The second-order valence-corrected chi connectivity index (χ2v) is 4.85. The Labute approximate surface area is 113 Å². The number of aryl methyl sites for hydroxylation is 1. The van der Waals surface area contributed by atoms with Crippen molar-refractivity contribution in [1.29, 1.82) is 0 Å². The molecule has 6 heteroatoms. The van der Waals surface area contributed by atoms with Crippen LogP contribution in [0.1, 0.15) is 17.7 Å². The Morgan fingerprint density at radius 2 is 2.21 bits per heavy atom.